The van der Waals surface area contributed by atoms with Crippen molar-refractivity contribution in [3.05, 3.63) is 46.2 Å². The van der Waals surface area contributed by atoms with Gasteiger partial charge < -0.3 is 5.32 Å². The van der Waals surface area contributed by atoms with Crippen molar-refractivity contribution in [2.24, 2.45) is 0 Å². The van der Waals surface area contributed by atoms with E-state index in [0.29, 0.717) is 12.2 Å². The number of pyridine rings is 1. The summed E-state index contributed by atoms with van der Waals surface area (Å²) >= 11 is 1.41. The molecule has 5 heteroatoms. The normalized spacial score (nSPS) is 10.1. The molecule has 0 bridgehead atoms. The van der Waals surface area contributed by atoms with Crippen LogP contribution in [0.3, 0.4) is 0 Å². The lowest BCUT2D eigenvalue weighted by Crippen LogP contribution is -2.23. The van der Waals surface area contributed by atoms with Crippen LogP contribution in [0.25, 0.3) is 0 Å². The summed E-state index contributed by atoms with van der Waals surface area (Å²) in [5.74, 6) is -0.149. The standard InChI is InChI=1S/C11H11N3OS/c1-8-2-3-12-4-9(8)5-13-11(15)10-6-16-7-14-10/h2-4,6-7H,5H2,1H3,(H,13,15). The first-order valence-electron chi connectivity index (χ1n) is 4.83. The van der Waals surface area contributed by atoms with Crippen molar-refractivity contribution in [3.8, 4) is 0 Å². The average Bonchev–Trinajstić information content (AvgIpc) is 2.81. The lowest BCUT2D eigenvalue weighted by atomic mass is 10.1. The third kappa shape index (κ3) is 2.43. The van der Waals surface area contributed by atoms with E-state index in [1.165, 1.54) is 11.3 Å². The molecule has 0 aliphatic heterocycles. The first-order chi connectivity index (χ1) is 7.77. The van der Waals surface area contributed by atoms with Crippen LogP contribution in [0.5, 0.6) is 0 Å². The maximum Gasteiger partial charge on any atom is 0.271 e. The van der Waals surface area contributed by atoms with E-state index >= 15 is 0 Å². The fraction of sp³-hybridized carbons (Fsp3) is 0.182. The maximum atomic E-state index is 11.6. The number of aromatic nitrogens is 2. The van der Waals surface area contributed by atoms with Gasteiger partial charge in [0, 0.05) is 24.3 Å². The van der Waals surface area contributed by atoms with Crippen LogP contribution in [0.4, 0.5) is 0 Å². The third-order valence-electron chi connectivity index (χ3n) is 2.25. The molecular formula is C11H11N3OS. The molecule has 2 aromatic rings. The molecule has 2 rings (SSSR count). The van der Waals surface area contributed by atoms with Crippen LogP contribution >= 0.6 is 11.3 Å². The van der Waals surface area contributed by atoms with Crippen molar-refractivity contribution in [3.63, 3.8) is 0 Å². The second kappa shape index (κ2) is 4.85. The summed E-state index contributed by atoms with van der Waals surface area (Å²) in [7, 11) is 0. The molecule has 0 aliphatic carbocycles. The van der Waals surface area contributed by atoms with Gasteiger partial charge in [-0.15, -0.1) is 11.3 Å². The molecular weight excluding hydrogens is 222 g/mol. The molecule has 1 N–H and O–H groups in total. The first-order valence-corrected chi connectivity index (χ1v) is 5.77. The van der Waals surface area contributed by atoms with Crippen molar-refractivity contribution < 1.29 is 4.79 Å². The molecule has 16 heavy (non-hydrogen) atoms. The Morgan fingerprint density at radius 3 is 3.12 bits per heavy atom. The SMILES string of the molecule is Cc1ccncc1CNC(=O)c1cscn1. The van der Waals surface area contributed by atoms with Gasteiger partial charge in [-0.2, -0.15) is 0 Å². The second-order valence-corrected chi connectivity index (χ2v) is 4.08. The van der Waals surface area contributed by atoms with E-state index in [9.17, 15) is 4.79 Å². The summed E-state index contributed by atoms with van der Waals surface area (Å²) in [5.41, 5.74) is 4.25. The molecule has 0 saturated carbocycles. The van der Waals surface area contributed by atoms with Gasteiger partial charge in [-0.1, -0.05) is 0 Å². The fourth-order valence-corrected chi connectivity index (χ4v) is 1.80. The van der Waals surface area contributed by atoms with Crippen LogP contribution in [0.1, 0.15) is 21.6 Å². The van der Waals surface area contributed by atoms with Crippen LogP contribution in [0, 0.1) is 6.92 Å². The Morgan fingerprint density at radius 1 is 1.56 bits per heavy atom. The first kappa shape index (κ1) is 10.8. The number of nitrogens with zero attached hydrogens (tertiary/aromatic N) is 2. The van der Waals surface area contributed by atoms with Gasteiger partial charge in [0.25, 0.3) is 5.91 Å². The Balaban J connectivity index is 1.98. The summed E-state index contributed by atoms with van der Waals surface area (Å²) in [6.07, 6.45) is 3.50. The van der Waals surface area contributed by atoms with Gasteiger partial charge in [0.15, 0.2) is 0 Å². The minimum Gasteiger partial charge on any atom is -0.347 e. The number of carbonyl (C=O) groups is 1. The van der Waals surface area contributed by atoms with Crippen LogP contribution in [-0.4, -0.2) is 15.9 Å². The second-order valence-electron chi connectivity index (χ2n) is 3.36. The maximum absolute atomic E-state index is 11.6. The Labute approximate surface area is 97.4 Å². The Morgan fingerprint density at radius 2 is 2.44 bits per heavy atom. The van der Waals surface area contributed by atoms with E-state index in [1.54, 1.807) is 23.3 Å². The highest BCUT2D eigenvalue weighted by Gasteiger charge is 2.07. The molecule has 0 radical (unpaired) electrons. The quantitative estimate of drug-likeness (QED) is 0.879. The zero-order chi connectivity index (χ0) is 11.4. The number of amides is 1. The van der Waals surface area contributed by atoms with Crippen molar-refractivity contribution in [2.45, 2.75) is 13.5 Å². The third-order valence-corrected chi connectivity index (χ3v) is 2.84. The van der Waals surface area contributed by atoms with Gasteiger partial charge in [-0.05, 0) is 24.1 Å². The van der Waals surface area contributed by atoms with E-state index in [4.69, 9.17) is 0 Å². The number of nitrogens with one attached hydrogen (secondary N) is 1. The van der Waals surface area contributed by atoms with E-state index in [2.05, 4.69) is 15.3 Å². The van der Waals surface area contributed by atoms with Crippen molar-refractivity contribution >= 4 is 17.2 Å². The molecule has 2 aromatic heterocycles. The summed E-state index contributed by atoms with van der Waals surface area (Å²) in [4.78, 5) is 19.6. The van der Waals surface area contributed by atoms with Crippen LogP contribution in [-0.2, 0) is 6.54 Å². The van der Waals surface area contributed by atoms with E-state index in [0.717, 1.165) is 11.1 Å². The lowest BCUT2D eigenvalue weighted by molar-refractivity contribution is 0.0946. The number of hydrogen-bond acceptors (Lipinski definition) is 4. The van der Waals surface area contributed by atoms with Crippen molar-refractivity contribution in [1.29, 1.82) is 0 Å². The van der Waals surface area contributed by atoms with Gasteiger partial charge in [0.2, 0.25) is 0 Å². The number of carbonyl (C=O) groups excluding carboxylic acids is 1. The Hall–Kier alpha value is -1.75. The molecule has 1 amide bonds. The topological polar surface area (TPSA) is 54.9 Å². The van der Waals surface area contributed by atoms with Crippen LogP contribution in [0.2, 0.25) is 0 Å². The molecule has 0 fully saturated rings. The van der Waals surface area contributed by atoms with E-state index in [1.807, 2.05) is 13.0 Å². The minimum absolute atomic E-state index is 0.149. The van der Waals surface area contributed by atoms with Gasteiger partial charge in [-0.3, -0.25) is 9.78 Å². The predicted molar refractivity (Wildman–Crippen MR) is 62.3 cm³/mol. The Kier molecular flexibility index (Phi) is 3.26. The van der Waals surface area contributed by atoms with E-state index in [-0.39, 0.29) is 5.91 Å². The molecule has 0 aromatic carbocycles. The smallest absolute Gasteiger partial charge is 0.271 e. The molecule has 0 saturated heterocycles. The predicted octanol–water partition coefficient (Wildman–Crippen LogP) is 1.78. The summed E-state index contributed by atoms with van der Waals surface area (Å²) in [5, 5.41) is 4.54. The number of hydrogen-bond donors (Lipinski definition) is 1. The van der Waals surface area contributed by atoms with Gasteiger partial charge in [0.1, 0.15) is 5.69 Å². The highest BCUT2D eigenvalue weighted by molar-refractivity contribution is 7.07. The summed E-state index contributed by atoms with van der Waals surface area (Å²) in [6, 6.07) is 1.92. The molecule has 0 atom stereocenters. The highest BCUT2D eigenvalue weighted by Crippen LogP contribution is 2.05. The monoisotopic (exact) mass is 233 g/mol. The van der Waals surface area contributed by atoms with Gasteiger partial charge >= 0.3 is 0 Å². The van der Waals surface area contributed by atoms with Crippen LogP contribution < -0.4 is 5.32 Å². The number of thiazole rings is 1. The van der Waals surface area contributed by atoms with Gasteiger partial charge in [-0.25, -0.2) is 4.98 Å². The van der Waals surface area contributed by atoms with Crippen molar-refractivity contribution in [1.82, 2.24) is 15.3 Å². The fourth-order valence-electron chi connectivity index (χ4n) is 1.27. The largest absolute Gasteiger partial charge is 0.347 e. The molecule has 82 valence electrons. The van der Waals surface area contributed by atoms with Gasteiger partial charge in [0.05, 0.1) is 5.51 Å². The summed E-state index contributed by atoms with van der Waals surface area (Å²) in [6.45, 7) is 2.47. The van der Waals surface area contributed by atoms with Crippen LogP contribution in [0.15, 0.2) is 29.4 Å². The van der Waals surface area contributed by atoms with Crippen molar-refractivity contribution in [2.75, 3.05) is 0 Å². The zero-order valence-corrected chi connectivity index (χ0v) is 9.62. The highest BCUT2D eigenvalue weighted by atomic mass is 32.1. The number of rotatable bonds is 3. The average molecular weight is 233 g/mol. The number of aryl methyl sites for hydroxylation is 1. The molecule has 4 nitrogen and oxygen atoms in total. The molecule has 0 unspecified atom stereocenters. The molecule has 2 heterocycles. The zero-order valence-electron chi connectivity index (χ0n) is 8.80. The molecule has 0 aliphatic rings. The minimum atomic E-state index is -0.149. The van der Waals surface area contributed by atoms with E-state index < -0.39 is 0 Å². The lowest BCUT2D eigenvalue weighted by Gasteiger charge is -2.05. The molecule has 0 spiro atoms. The Bertz CT molecular complexity index is 482. The summed E-state index contributed by atoms with van der Waals surface area (Å²) < 4.78 is 0.